The van der Waals surface area contributed by atoms with Gasteiger partial charge in [-0.1, -0.05) is 22.0 Å². The minimum absolute atomic E-state index is 0.374. The number of rotatable bonds is 9. The molecule has 3 aromatic rings. The summed E-state index contributed by atoms with van der Waals surface area (Å²) >= 11 is 3.45. The molecule has 0 amide bonds. The first-order valence-electron chi connectivity index (χ1n) is 10.1. The van der Waals surface area contributed by atoms with Crippen molar-refractivity contribution in [2.75, 3.05) is 69.7 Å². The van der Waals surface area contributed by atoms with E-state index in [4.69, 9.17) is 15.6 Å². The van der Waals surface area contributed by atoms with Gasteiger partial charge in [0.15, 0.2) is 0 Å². The number of methoxy groups -OCH3 is 1. The molecule has 0 spiro atoms. The predicted octanol–water partition coefficient (Wildman–Crippen LogP) is 3.32. The molecule has 33 heavy (non-hydrogen) atoms. The fraction of sp³-hybridized carbons (Fsp3) is 0.318. The van der Waals surface area contributed by atoms with Crippen molar-refractivity contribution in [1.29, 1.82) is 0 Å². The number of benzene rings is 2. The minimum atomic E-state index is 0.374. The standard InChI is InChI=1S/C21H27BrN8O.CH4O/c1-29(2)8-9-30(3)18-12-19(31-4)17(11-16(18)23)27-21-25-13-24-20(28-21)26-15-7-5-6-14(22)10-15;1-2/h5-7,10-13H,8-9,23H2,1-4H3,(H2,24,25,26,27,28);2H,1H3. The van der Waals surface area contributed by atoms with E-state index < -0.39 is 0 Å². The Morgan fingerprint density at radius 2 is 1.73 bits per heavy atom. The molecule has 0 fully saturated rings. The molecule has 0 bridgehead atoms. The van der Waals surface area contributed by atoms with E-state index in [1.54, 1.807) is 7.11 Å². The Morgan fingerprint density at radius 1 is 1.03 bits per heavy atom. The van der Waals surface area contributed by atoms with Gasteiger partial charge in [-0.15, -0.1) is 0 Å². The van der Waals surface area contributed by atoms with Crippen molar-refractivity contribution < 1.29 is 9.84 Å². The van der Waals surface area contributed by atoms with Crippen molar-refractivity contribution in [2.45, 2.75) is 0 Å². The highest BCUT2D eigenvalue weighted by molar-refractivity contribution is 9.10. The number of aromatic nitrogens is 3. The number of hydrogen-bond acceptors (Lipinski definition) is 10. The first-order valence-corrected chi connectivity index (χ1v) is 10.9. The molecule has 0 aliphatic heterocycles. The maximum atomic E-state index is 7.00. The summed E-state index contributed by atoms with van der Waals surface area (Å²) < 4.78 is 6.54. The smallest absolute Gasteiger partial charge is 0.232 e. The molecule has 1 heterocycles. The third-order valence-electron chi connectivity index (χ3n) is 4.54. The van der Waals surface area contributed by atoms with Crippen LogP contribution in [0.25, 0.3) is 0 Å². The molecule has 3 rings (SSSR count). The number of aliphatic hydroxyl groups is 1. The number of ether oxygens (including phenoxy) is 1. The molecule has 178 valence electrons. The normalized spacial score (nSPS) is 10.3. The van der Waals surface area contributed by atoms with Gasteiger partial charge >= 0.3 is 0 Å². The van der Waals surface area contributed by atoms with E-state index in [-0.39, 0.29) is 0 Å². The lowest BCUT2D eigenvalue weighted by Crippen LogP contribution is -2.29. The minimum Gasteiger partial charge on any atom is -0.494 e. The monoisotopic (exact) mass is 518 g/mol. The SMILES string of the molecule is CO.COc1cc(N(C)CCN(C)C)c(N)cc1Nc1ncnc(Nc2cccc(Br)c2)n1. The molecule has 0 aliphatic rings. The molecule has 1 aromatic heterocycles. The molecule has 0 saturated carbocycles. The van der Waals surface area contributed by atoms with Crippen LogP contribution in [0.3, 0.4) is 0 Å². The van der Waals surface area contributed by atoms with Crippen molar-refractivity contribution in [3.63, 3.8) is 0 Å². The van der Waals surface area contributed by atoms with Crippen molar-refractivity contribution in [1.82, 2.24) is 19.9 Å². The van der Waals surface area contributed by atoms with Crippen molar-refractivity contribution >= 4 is 50.6 Å². The second-order valence-corrected chi connectivity index (χ2v) is 8.14. The molecule has 2 aromatic carbocycles. The number of nitrogens with one attached hydrogen (secondary N) is 2. The van der Waals surface area contributed by atoms with Gasteiger partial charge in [0.25, 0.3) is 0 Å². The van der Waals surface area contributed by atoms with Crippen LogP contribution in [0.2, 0.25) is 0 Å². The Kier molecular flexibility index (Phi) is 10.1. The first kappa shape index (κ1) is 26.1. The van der Waals surface area contributed by atoms with Gasteiger partial charge in [-0.3, -0.25) is 0 Å². The van der Waals surface area contributed by atoms with Gasteiger partial charge in [0.05, 0.1) is 24.2 Å². The van der Waals surface area contributed by atoms with Gasteiger partial charge < -0.3 is 36.0 Å². The van der Waals surface area contributed by atoms with Crippen molar-refractivity contribution in [2.24, 2.45) is 0 Å². The second-order valence-electron chi connectivity index (χ2n) is 7.23. The van der Waals surface area contributed by atoms with E-state index >= 15 is 0 Å². The molecule has 0 atom stereocenters. The lowest BCUT2D eigenvalue weighted by atomic mass is 10.2. The molecule has 0 unspecified atom stereocenters. The average Bonchev–Trinajstić information content (AvgIpc) is 2.79. The molecular weight excluding hydrogens is 488 g/mol. The summed E-state index contributed by atoms with van der Waals surface area (Å²) in [4.78, 5) is 17.1. The molecule has 0 radical (unpaired) electrons. The highest BCUT2D eigenvalue weighted by Gasteiger charge is 2.14. The number of likely N-dealkylation sites (N-methyl/N-ethyl adjacent to an activating group) is 2. The zero-order chi connectivity index (χ0) is 24.4. The number of aliphatic hydroxyl groups excluding tert-OH is 1. The zero-order valence-corrected chi connectivity index (χ0v) is 21.1. The van der Waals surface area contributed by atoms with Gasteiger partial charge in [-0.05, 0) is 38.4 Å². The van der Waals surface area contributed by atoms with Gasteiger partial charge in [0.2, 0.25) is 11.9 Å². The Balaban J connectivity index is 0.00000187. The van der Waals surface area contributed by atoms with Gasteiger partial charge in [0, 0.05) is 43.5 Å². The number of halogens is 1. The summed E-state index contributed by atoms with van der Waals surface area (Å²) in [6.45, 7) is 1.75. The summed E-state index contributed by atoms with van der Waals surface area (Å²) in [5.74, 6) is 1.43. The number of nitrogen functional groups attached to an aromatic ring is 1. The summed E-state index contributed by atoms with van der Waals surface area (Å²) in [5.41, 5.74) is 9.39. The number of anilines is 6. The van der Waals surface area contributed by atoms with Crippen molar-refractivity contribution in [3.05, 3.63) is 47.2 Å². The Hall–Kier alpha value is -3.15. The van der Waals surface area contributed by atoms with Crippen LogP contribution in [-0.2, 0) is 0 Å². The van der Waals surface area contributed by atoms with E-state index in [1.807, 2.05) is 57.5 Å². The predicted molar refractivity (Wildman–Crippen MR) is 138 cm³/mol. The van der Waals surface area contributed by atoms with Gasteiger partial charge in [-0.25, -0.2) is 9.97 Å². The van der Waals surface area contributed by atoms with Crippen LogP contribution in [0.5, 0.6) is 5.75 Å². The molecule has 10 nitrogen and oxygen atoms in total. The summed E-state index contributed by atoms with van der Waals surface area (Å²) in [7, 11) is 8.71. The Bertz CT molecular complexity index is 1040. The maximum Gasteiger partial charge on any atom is 0.232 e. The molecule has 11 heteroatoms. The van der Waals surface area contributed by atoms with Crippen LogP contribution in [0.15, 0.2) is 47.2 Å². The number of nitrogens with two attached hydrogens (primary N) is 1. The van der Waals surface area contributed by atoms with Crippen LogP contribution < -0.4 is 26.0 Å². The maximum absolute atomic E-state index is 7.00. The summed E-state index contributed by atoms with van der Waals surface area (Å²) in [5, 5.41) is 13.3. The fourth-order valence-electron chi connectivity index (χ4n) is 2.89. The van der Waals surface area contributed by atoms with E-state index in [1.165, 1.54) is 6.33 Å². The van der Waals surface area contributed by atoms with Gasteiger partial charge in [-0.2, -0.15) is 4.98 Å². The van der Waals surface area contributed by atoms with Crippen LogP contribution in [-0.4, -0.2) is 73.4 Å². The van der Waals surface area contributed by atoms with Crippen LogP contribution >= 0.6 is 15.9 Å². The average molecular weight is 519 g/mol. The van der Waals surface area contributed by atoms with Crippen LogP contribution in [0, 0.1) is 0 Å². The van der Waals surface area contributed by atoms with Gasteiger partial charge in [0.1, 0.15) is 12.1 Å². The zero-order valence-electron chi connectivity index (χ0n) is 19.5. The summed E-state index contributed by atoms with van der Waals surface area (Å²) in [6.07, 6.45) is 1.44. The lowest BCUT2D eigenvalue weighted by molar-refractivity contribution is 0.399. The topological polar surface area (TPSA) is 125 Å². The lowest BCUT2D eigenvalue weighted by Gasteiger charge is -2.24. The highest BCUT2D eigenvalue weighted by Crippen LogP contribution is 2.36. The number of hydrogen-bond donors (Lipinski definition) is 4. The summed E-state index contributed by atoms with van der Waals surface area (Å²) in [6, 6.07) is 11.5. The Morgan fingerprint density at radius 3 is 2.36 bits per heavy atom. The first-order chi connectivity index (χ1) is 15.9. The molecule has 5 N–H and O–H groups in total. The van der Waals surface area contributed by atoms with Crippen LogP contribution in [0.4, 0.5) is 34.6 Å². The quantitative estimate of drug-likeness (QED) is 0.313. The molecular formula is C22H31BrN8O2. The van der Waals surface area contributed by atoms with Crippen molar-refractivity contribution in [3.8, 4) is 5.75 Å². The highest BCUT2D eigenvalue weighted by atomic mass is 79.9. The Labute approximate surface area is 202 Å². The van der Waals surface area contributed by atoms with E-state index in [0.717, 1.165) is 36.0 Å². The number of nitrogens with zero attached hydrogens (tertiary/aromatic N) is 5. The van der Waals surface area contributed by atoms with E-state index in [0.29, 0.717) is 29.0 Å². The third kappa shape index (κ3) is 7.74. The van der Waals surface area contributed by atoms with E-state index in [2.05, 4.69) is 51.3 Å². The fourth-order valence-corrected chi connectivity index (χ4v) is 3.29. The molecule has 0 saturated heterocycles. The largest absolute Gasteiger partial charge is 0.494 e. The second kappa shape index (κ2) is 12.8. The molecule has 0 aliphatic carbocycles. The third-order valence-corrected chi connectivity index (χ3v) is 5.03. The van der Waals surface area contributed by atoms with Crippen LogP contribution in [0.1, 0.15) is 0 Å². The van der Waals surface area contributed by atoms with E-state index in [9.17, 15) is 0 Å².